The summed E-state index contributed by atoms with van der Waals surface area (Å²) in [6.45, 7) is -0.172. The number of carbonyl (C=O) groups is 2. The number of hydrogen-bond acceptors (Lipinski definition) is 3. The molecule has 2 aromatic rings. The van der Waals surface area contributed by atoms with Gasteiger partial charge in [0.15, 0.2) is 0 Å². The van der Waals surface area contributed by atoms with E-state index in [0.29, 0.717) is 5.56 Å². The fourth-order valence-corrected chi connectivity index (χ4v) is 1.78. The Hall–Kier alpha value is -2.69. The Morgan fingerprint density at radius 3 is 2.05 bits per heavy atom. The number of nitrogens with one attached hydrogen (secondary N) is 1. The summed E-state index contributed by atoms with van der Waals surface area (Å²) in [6, 6.07) is 12.9. The van der Waals surface area contributed by atoms with Gasteiger partial charge in [0.1, 0.15) is 12.4 Å². The number of rotatable bonds is 4. The van der Waals surface area contributed by atoms with E-state index in [9.17, 15) is 14.0 Å². The van der Waals surface area contributed by atoms with Crippen molar-refractivity contribution in [2.75, 3.05) is 13.7 Å². The van der Waals surface area contributed by atoms with Crippen molar-refractivity contribution in [2.45, 2.75) is 0 Å². The second kappa shape index (κ2) is 6.65. The maximum absolute atomic E-state index is 12.9. The summed E-state index contributed by atoms with van der Waals surface area (Å²) in [7, 11) is 1.26. The molecule has 0 aliphatic heterocycles. The van der Waals surface area contributed by atoms with Crippen molar-refractivity contribution < 1.29 is 18.7 Å². The normalized spacial score (nSPS) is 10.0. The lowest BCUT2D eigenvalue weighted by atomic mass is 10.0. The van der Waals surface area contributed by atoms with Gasteiger partial charge in [-0.25, -0.2) is 4.39 Å². The Kier molecular flexibility index (Phi) is 4.66. The zero-order chi connectivity index (χ0) is 15.2. The van der Waals surface area contributed by atoms with E-state index in [0.717, 1.165) is 11.1 Å². The molecule has 1 amide bonds. The molecule has 0 saturated carbocycles. The highest BCUT2D eigenvalue weighted by Crippen LogP contribution is 2.20. The van der Waals surface area contributed by atoms with Crippen molar-refractivity contribution in [1.29, 1.82) is 0 Å². The van der Waals surface area contributed by atoms with E-state index in [1.807, 2.05) is 0 Å². The lowest BCUT2D eigenvalue weighted by Gasteiger charge is -2.06. The van der Waals surface area contributed by atoms with Crippen LogP contribution in [0.15, 0.2) is 48.5 Å². The average Bonchev–Trinajstić information content (AvgIpc) is 2.53. The maximum atomic E-state index is 12.9. The maximum Gasteiger partial charge on any atom is 0.325 e. The number of benzene rings is 2. The van der Waals surface area contributed by atoms with E-state index in [1.165, 1.54) is 19.2 Å². The van der Waals surface area contributed by atoms with Crippen molar-refractivity contribution in [3.05, 3.63) is 59.9 Å². The molecule has 4 nitrogen and oxygen atoms in total. The van der Waals surface area contributed by atoms with E-state index in [1.54, 1.807) is 36.4 Å². The molecule has 0 fully saturated rings. The van der Waals surface area contributed by atoms with Gasteiger partial charge in [-0.1, -0.05) is 24.3 Å². The second-order valence-corrected chi connectivity index (χ2v) is 4.34. The highest BCUT2D eigenvalue weighted by Gasteiger charge is 2.08. The average molecular weight is 287 g/mol. The quantitative estimate of drug-likeness (QED) is 0.878. The summed E-state index contributed by atoms with van der Waals surface area (Å²) >= 11 is 0. The zero-order valence-corrected chi connectivity index (χ0v) is 11.4. The fourth-order valence-electron chi connectivity index (χ4n) is 1.78. The van der Waals surface area contributed by atoms with Crippen LogP contribution in [0.1, 0.15) is 10.4 Å². The smallest absolute Gasteiger partial charge is 0.325 e. The van der Waals surface area contributed by atoms with Crippen LogP contribution in [0.5, 0.6) is 0 Å². The van der Waals surface area contributed by atoms with Gasteiger partial charge in [-0.15, -0.1) is 0 Å². The minimum Gasteiger partial charge on any atom is -0.468 e. The number of methoxy groups -OCH3 is 1. The van der Waals surface area contributed by atoms with Gasteiger partial charge >= 0.3 is 5.97 Å². The number of amides is 1. The Balaban J connectivity index is 2.06. The van der Waals surface area contributed by atoms with Crippen LogP contribution in [-0.2, 0) is 9.53 Å². The number of ether oxygens (including phenoxy) is 1. The van der Waals surface area contributed by atoms with Gasteiger partial charge in [0.25, 0.3) is 5.91 Å². The van der Waals surface area contributed by atoms with Crippen LogP contribution in [0.3, 0.4) is 0 Å². The number of hydrogen-bond donors (Lipinski definition) is 1. The highest BCUT2D eigenvalue weighted by molar-refractivity contribution is 5.96. The lowest BCUT2D eigenvalue weighted by molar-refractivity contribution is -0.139. The van der Waals surface area contributed by atoms with Crippen LogP contribution in [-0.4, -0.2) is 25.5 Å². The molecule has 1 N–H and O–H groups in total. The third-order valence-corrected chi connectivity index (χ3v) is 2.95. The summed E-state index contributed by atoms with van der Waals surface area (Å²) in [4.78, 5) is 22.7. The van der Waals surface area contributed by atoms with Gasteiger partial charge in [-0.05, 0) is 35.4 Å². The van der Waals surface area contributed by atoms with Gasteiger partial charge in [-0.2, -0.15) is 0 Å². The molecule has 0 unspecified atom stereocenters. The monoisotopic (exact) mass is 287 g/mol. The molecule has 0 spiro atoms. The van der Waals surface area contributed by atoms with Crippen LogP contribution >= 0.6 is 0 Å². The zero-order valence-electron chi connectivity index (χ0n) is 11.4. The van der Waals surface area contributed by atoms with Gasteiger partial charge < -0.3 is 10.1 Å². The third-order valence-electron chi connectivity index (χ3n) is 2.95. The van der Waals surface area contributed by atoms with Crippen molar-refractivity contribution >= 4 is 11.9 Å². The highest BCUT2D eigenvalue weighted by atomic mass is 19.1. The molecule has 0 heterocycles. The molecular formula is C16H14FNO3. The first-order valence-electron chi connectivity index (χ1n) is 6.31. The predicted octanol–water partition coefficient (Wildman–Crippen LogP) is 2.40. The topological polar surface area (TPSA) is 55.4 Å². The number of halogens is 1. The molecule has 0 bridgehead atoms. The number of esters is 1. The first-order chi connectivity index (χ1) is 10.1. The Bertz CT molecular complexity index is 636. The Labute approximate surface area is 121 Å². The van der Waals surface area contributed by atoms with Crippen LogP contribution in [0.25, 0.3) is 11.1 Å². The molecule has 0 aliphatic carbocycles. The van der Waals surface area contributed by atoms with E-state index in [4.69, 9.17) is 0 Å². The van der Waals surface area contributed by atoms with Gasteiger partial charge in [0, 0.05) is 5.56 Å². The summed E-state index contributed by atoms with van der Waals surface area (Å²) in [5.41, 5.74) is 2.17. The lowest BCUT2D eigenvalue weighted by Crippen LogP contribution is -2.30. The standard InChI is InChI=1S/C16H14FNO3/c1-21-15(19)10-18-16(20)13-4-2-11(3-5-13)12-6-8-14(17)9-7-12/h2-9H,10H2,1H3,(H,18,20). The molecule has 0 saturated heterocycles. The molecule has 108 valence electrons. The molecule has 0 atom stereocenters. The largest absolute Gasteiger partial charge is 0.468 e. The van der Waals surface area contributed by atoms with Gasteiger partial charge in [0.05, 0.1) is 7.11 Å². The minimum atomic E-state index is -0.508. The molecule has 2 rings (SSSR count). The summed E-state index contributed by atoms with van der Waals surface area (Å²) < 4.78 is 17.3. The molecular weight excluding hydrogens is 273 g/mol. The van der Waals surface area contributed by atoms with E-state index < -0.39 is 5.97 Å². The summed E-state index contributed by atoms with van der Waals surface area (Å²) in [5.74, 6) is -1.16. The second-order valence-electron chi connectivity index (χ2n) is 4.34. The third kappa shape index (κ3) is 3.89. The van der Waals surface area contributed by atoms with Crippen molar-refractivity contribution in [1.82, 2.24) is 5.32 Å². The van der Waals surface area contributed by atoms with Crippen LogP contribution in [0.4, 0.5) is 4.39 Å². The SMILES string of the molecule is COC(=O)CNC(=O)c1ccc(-c2ccc(F)cc2)cc1. The Morgan fingerprint density at radius 1 is 1.00 bits per heavy atom. The van der Waals surface area contributed by atoms with Crippen molar-refractivity contribution in [3.8, 4) is 11.1 Å². The first kappa shape index (κ1) is 14.7. The predicted molar refractivity (Wildman–Crippen MR) is 76.2 cm³/mol. The fraction of sp³-hybridized carbons (Fsp3) is 0.125. The van der Waals surface area contributed by atoms with Crippen molar-refractivity contribution in [2.24, 2.45) is 0 Å². The first-order valence-corrected chi connectivity index (χ1v) is 6.31. The molecule has 2 aromatic carbocycles. The van der Waals surface area contributed by atoms with Crippen LogP contribution in [0, 0.1) is 5.82 Å². The molecule has 0 aliphatic rings. The van der Waals surface area contributed by atoms with Crippen LogP contribution < -0.4 is 5.32 Å². The molecule has 21 heavy (non-hydrogen) atoms. The Morgan fingerprint density at radius 2 is 1.52 bits per heavy atom. The van der Waals surface area contributed by atoms with E-state index in [2.05, 4.69) is 10.1 Å². The molecule has 0 aromatic heterocycles. The van der Waals surface area contributed by atoms with Crippen molar-refractivity contribution in [3.63, 3.8) is 0 Å². The number of carbonyl (C=O) groups excluding carboxylic acids is 2. The van der Waals surface area contributed by atoms with E-state index >= 15 is 0 Å². The van der Waals surface area contributed by atoms with Gasteiger partial charge in [0.2, 0.25) is 0 Å². The summed E-state index contributed by atoms with van der Waals surface area (Å²) in [5, 5.41) is 2.45. The summed E-state index contributed by atoms with van der Waals surface area (Å²) in [6.07, 6.45) is 0. The van der Waals surface area contributed by atoms with Crippen LogP contribution in [0.2, 0.25) is 0 Å². The minimum absolute atomic E-state index is 0.172. The molecule has 5 heteroatoms. The van der Waals surface area contributed by atoms with E-state index in [-0.39, 0.29) is 18.3 Å². The molecule has 0 radical (unpaired) electrons. The van der Waals surface area contributed by atoms with Gasteiger partial charge in [-0.3, -0.25) is 9.59 Å².